The van der Waals surface area contributed by atoms with Crippen LogP contribution in [0, 0.1) is 17.2 Å². The molecule has 7 nitrogen and oxygen atoms in total. The zero-order valence-corrected chi connectivity index (χ0v) is 22.2. The van der Waals surface area contributed by atoms with Crippen LogP contribution in [0.4, 0.5) is 23.2 Å². The van der Waals surface area contributed by atoms with Gasteiger partial charge >= 0.3 is 6.18 Å². The van der Waals surface area contributed by atoms with Crippen molar-refractivity contribution < 1.29 is 36.6 Å². The SMILES string of the molecule is COC1COCCC1NC1CCC(C(=O)N2CC3CC2CN3c2cc(F)cc(C(F)(F)F)c2)(C2CCOC2)C1. The number of fused-ring (bicyclic) bond motifs is 2. The fourth-order valence-corrected chi connectivity index (χ4v) is 7.79. The van der Waals surface area contributed by atoms with Crippen LogP contribution < -0.4 is 10.2 Å². The molecule has 7 unspecified atom stereocenters. The number of halogens is 4. The summed E-state index contributed by atoms with van der Waals surface area (Å²) in [5.74, 6) is -0.599. The van der Waals surface area contributed by atoms with Crippen molar-refractivity contribution in [3.05, 3.63) is 29.6 Å². The van der Waals surface area contributed by atoms with Gasteiger partial charge in [0.25, 0.3) is 0 Å². The molecule has 7 atom stereocenters. The summed E-state index contributed by atoms with van der Waals surface area (Å²) >= 11 is 0. The number of carbonyl (C=O) groups is 1. The van der Waals surface area contributed by atoms with Crippen LogP contribution in [0.5, 0.6) is 0 Å². The highest BCUT2D eigenvalue weighted by molar-refractivity contribution is 5.85. The fraction of sp³-hybridized carbons (Fsp3) is 0.750. The Bertz CT molecular complexity index is 1070. The summed E-state index contributed by atoms with van der Waals surface area (Å²) in [5, 5.41) is 3.78. The summed E-state index contributed by atoms with van der Waals surface area (Å²) in [5.41, 5.74) is -1.27. The van der Waals surface area contributed by atoms with E-state index in [1.807, 2.05) is 9.80 Å². The molecular formula is C28H37F4N3O4. The van der Waals surface area contributed by atoms with Crippen molar-refractivity contribution in [2.45, 2.75) is 75.0 Å². The number of hydrogen-bond acceptors (Lipinski definition) is 6. The average Bonchev–Trinajstić information content (AvgIpc) is 3.72. The predicted molar refractivity (Wildman–Crippen MR) is 135 cm³/mol. The highest BCUT2D eigenvalue weighted by Gasteiger charge is 2.57. The molecule has 216 valence electrons. The Balaban J connectivity index is 1.17. The minimum absolute atomic E-state index is 0.0137. The Morgan fingerprint density at radius 1 is 1.08 bits per heavy atom. The molecule has 1 saturated carbocycles. The van der Waals surface area contributed by atoms with E-state index in [0.29, 0.717) is 52.0 Å². The van der Waals surface area contributed by atoms with Crippen LogP contribution in [0.2, 0.25) is 0 Å². The van der Waals surface area contributed by atoms with Crippen molar-refractivity contribution in [3.8, 4) is 0 Å². The van der Waals surface area contributed by atoms with Crippen molar-refractivity contribution >= 4 is 11.6 Å². The molecule has 6 rings (SSSR count). The van der Waals surface area contributed by atoms with Gasteiger partial charge in [-0.1, -0.05) is 0 Å². The van der Waals surface area contributed by atoms with Gasteiger partial charge in [0.2, 0.25) is 5.91 Å². The van der Waals surface area contributed by atoms with Gasteiger partial charge in [-0.2, -0.15) is 13.2 Å². The van der Waals surface area contributed by atoms with E-state index in [1.165, 1.54) is 0 Å². The third kappa shape index (κ3) is 5.04. The summed E-state index contributed by atoms with van der Waals surface area (Å²) < 4.78 is 71.0. The van der Waals surface area contributed by atoms with Crippen LogP contribution in [0.15, 0.2) is 18.2 Å². The number of nitrogens with one attached hydrogen (secondary N) is 1. The largest absolute Gasteiger partial charge is 0.416 e. The Labute approximate surface area is 226 Å². The minimum atomic E-state index is -4.62. The second-order valence-electron chi connectivity index (χ2n) is 11.9. The van der Waals surface area contributed by atoms with Gasteiger partial charge < -0.3 is 29.3 Å². The molecule has 1 N–H and O–H groups in total. The topological polar surface area (TPSA) is 63.3 Å². The number of alkyl halides is 3. The highest BCUT2D eigenvalue weighted by atomic mass is 19.4. The minimum Gasteiger partial charge on any atom is -0.381 e. The normalized spacial score (nSPS) is 36.7. The lowest BCUT2D eigenvalue weighted by Crippen LogP contribution is -2.55. The second-order valence-corrected chi connectivity index (χ2v) is 11.9. The van der Waals surface area contributed by atoms with E-state index >= 15 is 0 Å². The van der Waals surface area contributed by atoms with E-state index in [9.17, 15) is 22.4 Å². The number of likely N-dealkylation sites (tertiary alicyclic amines) is 1. The Hall–Kier alpha value is -1.95. The van der Waals surface area contributed by atoms with Crippen LogP contribution in [0.1, 0.15) is 44.1 Å². The lowest BCUT2D eigenvalue weighted by atomic mass is 9.71. The van der Waals surface area contributed by atoms with Gasteiger partial charge in [0.1, 0.15) is 5.82 Å². The number of methoxy groups -OCH3 is 1. The lowest BCUT2D eigenvalue weighted by Gasteiger charge is -2.42. The third-order valence-corrected chi connectivity index (χ3v) is 9.79. The van der Waals surface area contributed by atoms with Crippen LogP contribution in [0.25, 0.3) is 0 Å². The van der Waals surface area contributed by atoms with Crippen LogP contribution in [0.3, 0.4) is 0 Å². The van der Waals surface area contributed by atoms with Crippen molar-refractivity contribution in [2.24, 2.45) is 11.3 Å². The van der Waals surface area contributed by atoms with Crippen molar-refractivity contribution in [1.29, 1.82) is 0 Å². The molecule has 1 aliphatic carbocycles. The van der Waals surface area contributed by atoms with E-state index in [-0.39, 0.29) is 47.8 Å². The maximum Gasteiger partial charge on any atom is 0.416 e. The number of amides is 1. The van der Waals surface area contributed by atoms with Gasteiger partial charge in [-0.3, -0.25) is 4.79 Å². The van der Waals surface area contributed by atoms with Crippen molar-refractivity contribution in [1.82, 2.24) is 10.2 Å². The van der Waals surface area contributed by atoms with Gasteiger partial charge in [0, 0.05) is 57.2 Å². The summed E-state index contributed by atoms with van der Waals surface area (Å²) in [7, 11) is 1.70. The molecule has 5 aliphatic rings. The molecule has 5 fully saturated rings. The monoisotopic (exact) mass is 555 g/mol. The van der Waals surface area contributed by atoms with E-state index in [2.05, 4.69) is 5.32 Å². The first-order valence-corrected chi connectivity index (χ1v) is 14.1. The van der Waals surface area contributed by atoms with Crippen molar-refractivity contribution in [2.75, 3.05) is 51.5 Å². The number of ether oxygens (including phenoxy) is 3. The second kappa shape index (κ2) is 10.5. The first-order chi connectivity index (χ1) is 18.7. The summed E-state index contributed by atoms with van der Waals surface area (Å²) in [4.78, 5) is 18.2. The van der Waals surface area contributed by atoms with E-state index in [0.717, 1.165) is 44.2 Å². The van der Waals surface area contributed by atoms with Gasteiger partial charge in [-0.05, 0) is 62.6 Å². The predicted octanol–water partition coefficient (Wildman–Crippen LogP) is 3.60. The Morgan fingerprint density at radius 2 is 1.87 bits per heavy atom. The van der Waals surface area contributed by atoms with Crippen LogP contribution in [-0.4, -0.2) is 87.7 Å². The van der Waals surface area contributed by atoms with Crippen molar-refractivity contribution in [3.63, 3.8) is 0 Å². The molecular weight excluding hydrogens is 518 g/mol. The van der Waals surface area contributed by atoms with Crippen LogP contribution in [-0.2, 0) is 25.2 Å². The number of rotatable bonds is 6. The molecule has 0 aromatic heterocycles. The maximum absolute atomic E-state index is 14.4. The van der Waals surface area contributed by atoms with E-state index in [1.54, 1.807) is 7.11 Å². The van der Waals surface area contributed by atoms with Gasteiger partial charge in [0.15, 0.2) is 0 Å². The smallest absolute Gasteiger partial charge is 0.381 e. The first kappa shape index (κ1) is 27.2. The molecule has 0 spiro atoms. The zero-order valence-electron chi connectivity index (χ0n) is 22.2. The molecule has 1 aromatic carbocycles. The summed E-state index contributed by atoms with van der Waals surface area (Å²) in [6.07, 6.45) is 0.194. The molecule has 4 heterocycles. The third-order valence-electron chi connectivity index (χ3n) is 9.79. The number of carbonyl (C=O) groups excluding carboxylic acids is 1. The first-order valence-electron chi connectivity index (χ1n) is 14.1. The van der Waals surface area contributed by atoms with E-state index < -0.39 is 23.0 Å². The number of hydrogen-bond donors (Lipinski definition) is 1. The lowest BCUT2D eigenvalue weighted by molar-refractivity contribution is -0.147. The molecule has 1 amide bonds. The van der Waals surface area contributed by atoms with Crippen LogP contribution >= 0.6 is 0 Å². The fourth-order valence-electron chi connectivity index (χ4n) is 7.79. The number of benzene rings is 1. The quantitative estimate of drug-likeness (QED) is 0.542. The molecule has 4 aliphatic heterocycles. The number of anilines is 1. The number of piperazine rings is 1. The van der Waals surface area contributed by atoms with E-state index in [4.69, 9.17) is 14.2 Å². The summed E-state index contributed by atoms with van der Waals surface area (Å²) in [6.45, 7) is 3.34. The molecule has 1 aromatic rings. The number of nitrogens with zero attached hydrogens (tertiary/aromatic N) is 2. The Morgan fingerprint density at radius 3 is 2.56 bits per heavy atom. The highest BCUT2D eigenvalue weighted by Crippen LogP contribution is 2.51. The molecule has 2 bridgehead atoms. The molecule has 4 saturated heterocycles. The maximum atomic E-state index is 14.4. The van der Waals surface area contributed by atoms with Gasteiger partial charge in [-0.25, -0.2) is 4.39 Å². The summed E-state index contributed by atoms with van der Waals surface area (Å²) in [6, 6.07) is 2.86. The Kier molecular flexibility index (Phi) is 7.31. The van der Waals surface area contributed by atoms with Gasteiger partial charge in [-0.15, -0.1) is 0 Å². The standard InChI is InChI=1S/C28H37F4N3O4/c1-37-25-16-39-7-4-24(25)33-20-2-5-27(12-20,17-3-6-38-15-17)26(36)35-14-22-11-23(35)13-34(22)21-9-18(28(30,31)32)8-19(29)10-21/h8-10,17,20,22-25,33H,2-7,11-16H2,1H3. The zero-order chi connectivity index (χ0) is 27.4. The van der Waals surface area contributed by atoms with Gasteiger partial charge in [0.05, 0.1) is 36.3 Å². The molecule has 0 radical (unpaired) electrons. The average molecular weight is 556 g/mol. The molecule has 39 heavy (non-hydrogen) atoms. The molecule has 11 heteroatoms.